The second kappa shape index (κ2) is 8.42. The molecule has 0 amide bonds. The monoisotopic (exact) mass is 417 g/mol. The van der Waals surface area contributed by atoms with Crippen molar-refractivity contribution in [3.8, 4) is 11.5 Å². The topological polar surface area (TPSA) is 38.8 Å². The van der Waals surface area contributed by atoms with E-state index in [4.69, 9.17) is 9.47 Å². The molecule has 0 bridgehead atoms. The van der Waals surface area contributed by atoms with Gasteiger partial charge in [-0.15, -0.1) is 0 Å². The molecule has 2 aliphatic rings. The molecule has 0 saturated carbocycles. The summed E-state index contributed by atoms with van der Waals surface area (Å²) >= 11 is 0. The summed E-state index contributed by atoms with van der Waals surface area (Å²) in [5, 5.41) is 0. The zero-order valence-electron chi connectivity index (χ0n) is 16.4. The van der Waals surface area contributed by atoms with Gasteiger partial charge in [0.1, 0.15) is 31.0 Å². The normalized spacial score (nSPS) is 16.4. The van der Waals surface area contributed by atoms with Crippen LogP contribution in [0.4, 0.5) is 18.9 Å². The summed E-state index contributed by atoms with van der Waals surface area (Å²) in [5.41, 5.74) is 1.28. The van der Waals surface area contributed by atoms with Crippen LogP contribution in [-0.2, 0) is 17.6 Å². The fourth-order valence-corrected chi connectivity index (χ4v) is 3.78. The van der Waals surface area contributed by atoms with Gasteiger partial charge in [0.05, 0.1) is 5.56 Å². The molecule has 0 N–H and O–H groups in total. The standard InChI is InChI=1S/C23H22F3NO3/c24-23(25,26)21-11-19(27-8-2-1-3-9-27)6-4-18(21)15-29-20-7-5-17-10-16(13-28)14-30-22(17)12-20/h4-7,10-13H,1-3,8-9,14-15H2. The van der Waals surface area contributed by atoms with Gasteiger partial charge in [-0.3, -0.25) is 4.79 Å². The Morgan fingerprint density at radius 2 is 1.87 bits per heavy atom. The molecular formula is C23H22F3NO3. The van der Waals surface area contributed by atoms with Gasteiger partial charge in [0.25, 0.3) is 0 Å². The summed E-state index contributed by atoms with van der Waals surface area (Å²) in [7, 11) is 0. The summed E-state index contributed by atoms with van der Waals surface area (Å²) in [6.07, 6.45) is 1.10. The van der Waals surface area contributed by atoms with E-state index in [1.54, 1.807) is 30.3 Å². The second-order valence-electron chi connectivity index (χ2n) is 7.50. The molecule has 2 aliphatic heterocycles. The minimum Gasteiger partial charge on any atom is -0.489 e. The first-order chi connectivity index (χ1) is 14.4. The SMILES string of the molecule is O=CC1=Cc2ccc(OCc3ccc(N4CCCCC4)cc3C(F)(F)F)cc2OC1. The first-order valence-electron chi connectivity index (χ1n) is 9.94. The molecule has 0 aromatic heterocycles. The van der Waals surface area contributed by atoms with Gasteiger partial charge in [0, 0.05) is 41.5 Å². The number of halogens is 3. The van der Waals surface area contributed by atoms with E-state index in [1.807, 2.05) is 4.90 Å². The van der Waals surface area contributed by atoms with E-state index in [0.717, 1.165) is 44.2 Å². The average molecular weight is 417 g/mol. The van der Waals surface area contributed by atoms with Crippen LogP contribution in [0.3, 0.4) is 0 Å². The van der Waals surface area contributed by atoms with Crippen molar-refractivity contribution in [1.29, 1.82) is 0 Å². The molecule has 4 nitrogen and oxygen atoms in total. The zero-order valence-corrected chi connectivity index (χ0v) is 16.4. The Morgan fingerprint density at radius 1 is 1.07 bits per heavy atom. The number of carbonyl (C=O) groups is 1. The van der Waals surface area contributed by atoms with Gasteiger partial charge in [-0.1, -0.05) is 6.07 Å². The number of aldehydes is 1. The third-order valence-corrected chi connectivity index (χ3v) is 5.39. The van der Waals surface area contributed by atoms with Gasteiger partial charge >= 0.3 is 6.18 Å². The van der Waals surface area contributed by atoms with Crippen molar-refractivity contribution >= 4 is 18.0 Å². The number of ether oxygens (including phenoxy) is 2. The van der Waals surface area contributed by atoms with Gasteiger partial charge in [-0.25, -0.2) is 0 Å². The maximum atomic E-state index is 13.7. The number of hydrogen-bond acceptors (Lipinski definition) is 4. The highest BCUT2D eigenvalue weighted by molar-refractivity contribution is 5.84. The van der Waals surface area contributed by atoms with Gasteiger partial charge in [-0.2, -0.15) is 13.2 Å². The lowest BCUT2D eigenvalue weighted by molar-refractivity contribution is -0.138. The van der Waals surface area contributed by atoms with E-state index in [9.17, 15) is 18.0 Å². The number of carbonyl (C=O) groups excluding carboxylic acids is 1. The fraction of sp³-hybridized carbons (Fsp3) is 0.348. The molecule has 0 spiro atoms. The minimum atomic E-state index is -4.46. The number of rotatable bonds is 5. The number of nitrogens with zero attached hydrogens (tertiary/aromatic N) is 1. The highest BCUT2D eigenvalue weighted by Crippen LogP contribution is 2.36. The summed E-state index contributed by atoms with van der Waals surface area (Å²) in [5.74, 6) is 0.944. The van der Waals surface area contributed by atoms with Crippen LogP contribution in [-0.4, -0.2) is 26.0 Å². The molecule has 2 aromatic rings. The molecule has 2 heterocycles. The van der Waals surface area contributed by atoms with Crippen LogP contribution in [0.1, 0.15) is 36.0 Å². The predicted molar refractivity (Wildman–Crippen MR) is 108 cm³/mol. The summed E-state index contributed by atoms with van der Waals surface area (Å²) < 4.78 is 52.2. The van der Waals surface area contributed by atoms with Crippen molar-refractivity contribution < 1.29 is 27.4 Å². The molecule has 0 atom stereocenters. The molecule has 2 aromatic carbocycles. The van der Waals surface area contributed by atoms with Crippen molar-refractivity contribution in [1.82, 2.24) is 0 Å². The maximum absolute atomic E-state index is 13.7. The van der Waals surface area contributed by atoms with Gasteiger partial charge in [0.15, 0.2) is 0 Å². The Kier molecular flexibility index (Phi) is 5.70. The van der Waals surface area contributed by atoms with Crippen molar-refractivity contribution in [2.45, 2.75) is 32.0 Å². The Hall–Kier alpha value is -2.96. The summed E-state index contributed by atoms with van der Waals surface area (Å²) in [6, 6.07) is 9.47. The van der Waals surface area contributed by atoms with Crippen molar-refractivity contribution in [2.75, 3.05) is 24.6 Å². The number of hydrogen-bond donors (Lipinski definition) is 0. The summed E-state index contributed by atoms with van der Waals surface area (Å²) in [6.45, 7) is 1.52. The van der Waals surface area contributed by atoms with E-state index in [1.165, 1.54) is 12.1 Å². The van der Waals surface area contributed by atoms with Crippen LogP contribution in [0.5, 0.6) is 11.5 Å². The van der Waals surface area contributed by atoms with E-state index in [-0.39, 0.29) is 18.8 Å². The van der Waals surface area contributed by atoms with Gasteiger partial charge in [-0.05, 0) is 49.6 Å². The van der Waals surface area contributed by atoms with Crippen molar-refractivity contribution in [2.24, 2.45) is 0 Å². The highest BCUT2D eigenvalue weighted by atomic mass is 19.4. The molecule has 1 saturated heterocycles. The largest absolute Gasteiger partial charge is 0.489 e. The van der Waals surface area contributed by atoms with Crippen LogP contribution in [0, 0.1) is 0 Å². The Balaban J connectivity index is 1.53. The van der Waals surface area contributed by atoms with Crippen LogP contribution < -0.4 is 14.4 Å². The molecule has 1 fully saturated rings. The first kappa shape index (κ1) is 20.3. The smallest absolute Gasteiger partial charge is 0.416 e. The first-order valence-corrected chi connectivity index (χ1v) is 9.94. The molecule has 0 radical (unpaired) electrons. The van der Waals surface area contributed by atoms with Crippen LogP contribution in [0.25, 0.3) is 6.08 Å². The second-order valence-corrected chi connectivity index (χ2v) is 7.50. The lowest BCUT2D eigenvalue weighted by Crippen LogP contribution is -2.29. The van der Waals surface area contributed by atoms with E-state index in [0.29, 0.717) is 22.8 Å². The van der Waals surface area contributed by atoms with Crippen molar-refractivity contribution in [3.05, 3.63) is 58.7 Å². The average Bonchev–Trinajstić information content (AvgIpc) is 2.77. The molecule has 158 valence electrons. The molecule has 4 rings (SSSR count). The van der Waals surface area contributed by atoms with E-state index >= 15 is 0 Å². The van der Waals surface area contributed by atoms with Gasteiger partial charge < -0.3 is 14.4 Å². The fourth-order valence-electron chi connectivity index (χ4n) is 3.78. The highest BCUT2D eigenvalue weighted by Gasteiger charge is 2.34. The minimum absolute atomic E-state index is 0.0880. The number of benzene rings is 2. The number of anilines is 1. The molecule has 7 heteroatoms. The lowest BCUT2D eigenvalue weighted by Gasteiger charge is -2.29. The van der Waals surface area contributed by atoms with Crippen LogP contribution in [0.15, 0.2) is 42.0 Å². The number of alkyl halides is 3. The third-order valence-electron chi connectivity index (χ3n) is 5.39. The quantitative estimate of drug-likeness (QED) is 0.623. The third kappa shape index (κ3) is 4.45. The Bertz CT molecular complexity index is 963. The maximum Gasteiger partial charge on any atom is 0.416 e. The molecule has 0 unspecified atom stereocenters. The molecule has 0 aliphatic carbocycles. The van der Waals surface area contributed by atoms with Crippen molar-refractivity contribution in [3.63, 3.8) is 0 Å². The van der Waals surface area contributed by atoms with Gasteiger partial charge in [0.2, 0.25) is 0 Å². The van der Waals surface area contributed by atoms with Crippen LogP contribution in [0.2, 0.25) is 0 Å². The summed E-state index contributed by atoms with van der Waals surface area (Å²) in [4.78, 5) is 12.9. The molecule has 30 heavy (non-hydrogen) atoms. The Morgan fingerprint density at radius 3 is 2.60 bits per heavy atom. The number of fused-ring (bicyclic) bond motifs is 1. The van der Waals surface area contributed by atoms with E-state index in [2.05, 4.69) is 0 Å². The Labute approximate surface area is 172 Å². The number of piperidine rings is 1. The van der Waals surface area contributed by atoms with E-state index < -0.39 is 11.7 Å². The lowest BCUT2D eigenvalue weighted by atomic mass is 10.0. The predicted octanol–water partition coefficient (Wildman–Crippen LogP) is 5.25. The van der Waals surface area contributed by atoms with Crippen LogP contribution >= 0.6 is 0 Å². The zero-order chi connectivity index (χ0) is 21.1. The molecular weight excluding hydrogens is 395 g/mol.